The molecule has 0 unspecified atom stereocenters. The van der Waals surface area contributed by atoms with Gasteiger partial charge in [0, 0.05) is 38.6 Å². The molecule has 4 atom stereocenters. The van der Waals surface area contributed by atoms with Gasteiger partial charge in [-0.1, -0.05) is 53.0 Å². The number of carbonyl (C=O) groups is 3. The van der Waals surface area contributed by atoms with E-state index in [-0.39, 0.29) is 13.0 Å². The summed E-state index contributed by atoms with van der Waals surface area (Å²) in [6.45, 7) is 5.12. The summed E-state index contributed by atoms with van der Waals surface area (Å²) >= 11 is 18.4. The minimum Gasteiger partial charge on any atom is -0.447 e. The second kappa shape index (κ2) is 14.8. The largest absolute Gasteiger partial charge is 0.447 e. The van der Waals surface area contributed by atoms with Crippen molar-refractivity contribution in [1.82, 2.24) is 0 Å². The molecule has 3 amide bonds. The SMILES string of the molecule is Cc1ccc(NC(=O)OC[C@@H]2C[C@H](OC(=O)Nc3ccc(C)c(Cl)c3)[C@@H](OC(=O)Nc3ccc(C)c(Cl)c3)[C@H](O)O2)cc1Cl. The highest BCUT2D eigenvalue weighted by molar-refractivity contribution is 6.32. The summed E-state index contributed by atoms with van der Waals surface area (Å²) in [6.07, 6.45) is -8.08. The summed E-state index contributed by atoms with van der Waals surface area (Å²) in [7, 11) is 0. The quantitative estimate of drug-likeness (QED) is 0.190. The van der Waals surface area contributed by atoms with E-state index in [1.165, 1.54) is 6.07 Å². The average molecular weight is 667 g/mol. The molecule has 0 bridgehead atoms. The molecular formula is C30H30Cl3N3O8. The van der Waals surface area contributed by atoms with Gasteiger partial charge >= 0.3 is 18.3 Å². The van der Waals surface area contributed by atoms with Crippen LogP contribution in [-0.4, -0.2) is 54.6 Å². The van der Waals surface area contributed by atoms with Gasteiger partial charge in [-0.15, -0.1) is 0 Å². The average Bonchev–Trinajstić information content (AvgIpc) is 2.95. The molecule has 1 aliphatic heterocycles. The van der Waals surface area contributed by atoms with Crippen LogP contribution in [0.15, 0.2) is 54.6 Å². The predicted molar refractivity (Wildman–Crippen MR) is 167 cm³/mol. The molecule has 44 heavy (non-hydrogen) atoms. The maximum absolute atomic E-state index is 12.8. The summed E-state index contributed by atoms with van der Waals surface area (Å²) in [5, 5.41) is 19.7. The van der Waals surface area contributed by atoms with Gasteiger partial charge in [0.2, 0.25) is 0 Å². The molecule has 0 saturated carbocycles. The molecule has 0 radical (unpaired) electrons. The van der Waals surface area contributed by atoms with E-state index in [0.717, 1.165) is 16.7 Å². The van der Waals surface area contributed by atoms with E-state index < -0.39 is 42.9 Å². The number of amides is 3. The molecule has 234 valence electrons. The lowest BCUT2D eigenvalue weighted by molar-refractivity contribution is -0.248. The van der Waals surface area contributed by atoms with Gasteiger partial charge in [0.05, 0.1) is 6.10 Å². The topological polar surface area (TPSA) is 144 Å². The first-order chi connectivity index (χ1) is 20.9. The van der Waals surface area contributed by atoms with Crippen LogP contribution in [0.3, 0.4) is 0 Å². The lowest BCUT2D eigenvalue weighted by Gasteiger charge is -2.38. The lowest BCUT2D eigenvalue weighted by atomic mass is 10.0. The molecule has 0 spiro atoms. The van der Waals surface area contributed by atoms with Crippen LogP contribution in [0.5, 0.6) is 0 Å². The second-order valence-electron chi connectivity index (χ2n) is 10.1. The number of anilines is 3. The maximum Gasteiger partial charge on any atom is 0.412 e. The Kier molecular flexibility index (Phi) is 11.2. The van der Waals surface area contributed by atoms with Crippen molar-refractivity contribution >= 4 is 70.1 Å². The van der Waals surface area contributed by atoms with Crippen molar-refractivity contribution in [2.24, 2.45) is 0 Å². The van der Waals surface area contributed by atoms with Gasteiger partial charge in [-0.3, -0.25) is 16.0 Å². The third kappa shape index (κ3) is 9.13. The first-order valence-corrected chi connectivity index (χ1v) is 14.5. The molecule has 1 aliphatic rings. The van der Waals surface area contributed by atoms with Crippen LogP contribution in [0.2, 0.25) is 15.1 Å². The zero-order valence-corrected chi connectivity index (χ0v) is 26.1. The van der Waals surface area contributed by atoms with Crippen LogP contribution in [0.4, 0.5) is 31.4 Å². The van der Waals surface area contributed by atoms with E-state index in [1.807, 2.05) is 13.8 Å². The molecule has 1 fully saturated rings. The van der Waals surface area contributed by atoms with Crippen LogP contribution in [0.1, 0.15) is 23.1 Å². The van der Waals surface area contributed by atoms with Crippen LogP contribution in [0, 0.1) is 20.8 Å². The van der Waals surface area contributed by atoms with Crippen LogP contribution in [0.25, 0.3) is 0 Å². The Morgan fingerprint density at radius 3 is 1.64 bits per heavy atom. The van der Waals surface area contributed by atoms with Crippen LogP contribution in [-0.2, 0) is 18.9 Å². The summed E-state index contributed by atoms with van der Waals surface area (Å²) in [6, 6.07) is 14.7. The summed E-state index contributed by atoms with van der Waals surface area (Å²) in [4.78, 5) is 37.9. The van der Waals surface area contributed by atoms with Gasteiger partial charge in [-0.05, 0) is 73.9 Å². The Labute approximate surface area is 268 Å². The molecule has 3 aromatic rings. The highest BCUT2D eigenvalue weighted by atomic mass is 35.5. The monoisotopic (exact) mass is 665 g/mol. The van der Waals surface area contributed by atoms with Gasteiger partial charge in [0.15, 0.2) is 12.4 Å². The standard InChI is InChI=1S/C30H30Cl3N3O8/c1-15-4-7-18(10-22(15)31)34-28(38)41-14-21-13-25(43-29(39)35-19-8-5-16(2)23(32)11-19)26(27(37)42-21)44-30(40)36-20-9-6-17(3)24(33)12-20/h4-12,21,25-27,37H,13-14H2,1-3H3,(H,34,38)(H,35,39)(H,36,40)/t21-,25-,26+,27+/m0/s1. The van der Waals surface area contributed by atoms with E-state index in [2.05, 4.69) is 16.0 Å². The number of hydrogen-bond donors (Lipinski definition) is 4. The number of aryl methyl sites for hydroxylation is 3. The number of benzene rings is 3. The Morgan fingerprint density at radius 1 is 0.750 bits per heavy atom. The smallest absolute Gasteiger partial charge is 0.412 e. The first kappa shape index (κ1) is 33.2. The summed E-state index contributed by atoms with van der Waals surface area (Å²) < 4.78 is 21.8. The molecule has 11 nitrogen and oxygen atoms in total. The van der Waals surface area contributed by atoms with Crippen molar-refractivity contribution in [3.05, 3.63) is 86.4 Å². The lowest BCUT2D eigenvalue weighted by Crippen LogP contribution is -2.53. The Hall–Kier alpha value is -3.74. The number of nitrogens with one attached hydrogen (secondary N) is 3. The van der Waals surface area contributed by atoms with Gasteiger partial charge in [-0.2, -0.15) is 0 Å². The molecule has 1 heterocycles. The number of aliphatic hydroxyl groups excluding tert-OH is 1. The molecule has 4 N–H and O–H groups in total. The third-order valence-electron chi connectivity index (χ3n) is 6.63. The molecule has 0 aliphatic carbocycles. The molecule has 1 saturated heterocycles. The van der Waals surface area contributed by atoms with E-state index >= 15 is 0 Å². The van der Waals surface area contributed by atoms with E-state index in [0.29, 0.717) is 32.1 Å². The zero-order valence-electron chi connectivity index (χ0n) is 23.9. The number of aliphatic hydroxyl groups is 1. The first-order valence-electron chi connectivity index (χ1n) is 13.4. The van der Waals surface area contributed by atoms with Gasteiger partial charge in [0.25, 0.3) is 0 Å². The normalized spacial score (nSPS) is 19.4. The van der Waals surface area contributed by atoms with Gasteiger partial charge < -0.3 is 24.1 Å². The highest BCUT2D eigenvalue weighted by Gasteiger charge is 2.43. The van der Waals surface area contributed by atoms with E-state index in [4.69, 9.17) is 53.8 Å². The highest BCUT2D eigenvalue weighted by Crippen LogP contribution is 2.27. The zero-order chi connectivity index (χ0) is 32.0. The maximum atomic E-state index is 12.8. The number of carbonyl (C=O) groups excluding carboxylic acids is 3. The molecule has 0 aromatic heterocycles. The van der Waals surface area contributed by atoms with Gasteiger partial charge in [0.1, 0.15) is 12.7 Å². The number of rotatable bonds is 7. The van der Waals surface area contributed by atoms with Crippen molar-refractivity contribution in [3.63, 3.8) is 0 Å². The number of halogens is 3. The fourth-order valence-corrected chi connectivity index (χ4v) is 4.70. The van der Waals surface area contributed by atoms with Gasteiger partial charge in [-0.25, -0.2) is 14.4 Å². The molecular weight excluding hydrogens is 637 g/mol. The van der Waals surface area contributed by atoms with Crippen molar-refractivity contribution < 1.29 is 38.4 Å². The van der Waals surface area contributed by atoms with Crippen molar-refractivity contribution in [2.45, 2.75) is 51.8 Å². The minimum absolute atomic E-state index is 0.100. The predicted octanol–water partition coefficient (Wildman–Crippen LogP) is 7.46. The van der Waals surface area contributed by atoms with Crippen LogP contribution < -0.4 is 16.0 Å². The van der Waals surface area contributed by atoms with Crippen molar-refractivity contribution in [3.8, 4) is 0 Å². The molecule has 3 aromatic carbocycles. The number of ether oxygens (including phenoxy) is 4. The molecule has 4 rings (SSSR count). The van der Waals surface area contributed by atoms with Crippen molar-refractivity contribution in [1.29, 1.82) is 0 Å². The summed E-state index contributed by atoms with van der Waals surface area (Å²) in [5.74, 6) is 0. The Balaban J connectivity index is 1.42. The van der Waals surface area contributed by atoms with Crippen molar-refractivity contribution in [2.75, 3.05) is 22.6 Å². The fourth-order valence-electron chi connectivity index (χ4n) is 4.15. The minimum atomic E-state index is -1.74. The summed E-state index contributed by atoms with van der Waals surface area (Å²) in [5.41, 5.74) is 3.57. The second-order valence-corrected chi connectivity index (χ2v) is 11.3. The molecule has 14 heteroatoms. The van der Waals surface area contributed by atoms with E-state index in [9.17, 15) is 19.5 Å². The Morgan fingerprint density at radius 2 is 1.18 bits per heavy atom. The van der Waals surface area contributed by atoms with Crippen LogP contribution >= 0.6 is 34.8 Å². The fraction of sp³-hybridized carbons (Fsp3) is 0.300. The Bertz CT molecular complexity index is 1540. The third-order valence-corrected chi connectivity index (χ3v) is 7.85. The van der Waals surface area contributed by atoms with E-state index in [1.54, 1.807) is 55.5 Å². The number of hydrogen-bond acceptors (Lipinski definition) is 8.